The van der Waals surface area contributed by atoms with E-state index in [0.29, 0.717) is 21.5 Å². The highest BCUT2D eigenvalue weighted by molar-refractivity contribution is 7.16. The summed E-state index contributed by atoms with van der Waals surface area (Å²) in [6, 6.07) is 9.62. The lowest BCUT2D eigenvalue weighted by Crippen LogP contribution is -2.12. The highest BCUT2D eigenvalue weighted by Gasteiger charge is 2.25. The van der Waals surface area contributed by atoms with Crippen LogP contribution in [0.15, 0.2) is 30.3 Å². The summed E-state index contributed by atoms with van der Waals surface area (Å²) in [5.41, 5.74) is 2.55. The van der Waals surface area contributed by atoms with E-state index in [1.807, 2.05) is 18.2 Å². The molecule has 3 rings (SSSR count). The van der Waals surface area contributed by atoms with E-state index in [1.54, 1.807) is 23.5 Å². The molecule has 5 heteroatoms. The molecule has 1 N–H and O–H groups in total. The van der Waals surface area contributed by atoms with Crippen molar-refractivity contribution in [1.29, 1.82) is 5.26 Å². The van der Waals surface area contributed by atoms with Crippen LogP contribution in [0.5, 0.6) is 0 Å². The van der Waals surface area contributed by atoms with Crippen LogP contribution < -0.4 is 5.32 Å². The Labute approximate surface area is 156 Å². The lowest BCUT2D eigenvalue weighted by Gasteiger charge is -2.20. The van der Waals surface area contributed by atoms with Crippen molar-refractivity contribution in [2.24, 2.45) is 5.92 Å². The third-order valence-corrected chi connectivity index (χ3v) is 6.13. The molecule has 0 aliphatic heterocycles. The molecule has 1 aliphatic rings. The number of benzene rings is 1. The van der Waals surface area contributed by atoms with Crippen molar-refractivity contribution in [1.82, 2.24) is 0 Å². The summed E-state index contributed by atoms with van der Waals surface area (Å²) < 4.78 is 0. The zero-order valence-corrected chi connectivity index (χ0v) is 15.6. The molecule has 0 fully saturated rings. The molecule has 0 bridgehead atoms. The molecule has 128 valence electrons. The van der Waals surface area contributed by atoms with Gasteiger partial charge in [-0.05, 0) is 48.4 Å². The monoisotopic (exact) mass is 370 g/mol. The second-order valence-electron chi connectivity index (χ2n) is 6.18. The summed E-state index contributed by atoms with van der Waals surface area (Å²) in [6.07, 6.45) is 7.35. The number of amides is 1. The highest BCUT2D eigenvalue weighted by atomic mass is 35.5. The predicted molar refractivity (Wildman–Crippen MR) is 104 cm³/mol. The van der Waals surface area contributed by atoms with Gasteiger partial charge in [-0.2, -0.15) is 5.26 Å². The summed E-state index contributed by atoms with van der Waals surface area (Å²) in [7, 11) is 0. The van der Waals surface area contributed by atoms with Crippen molar-refractivity contribution in [3.63, 3.8) is 0 Å². The molecule has 2 aromatic rings. The summed E-state index contributed by atoms with van der Waals surface area (Å²) in [4.78, 5) is 13.5. The number of nitrogens with one attached hydrogen (secondary N) is 1. The third-order valence-electron chi connectivity index (χ3n) is 4.61. The first kappa shape index (κ1) is 17.7. The van der Waals surface area contributed by atoms with Gasteiger partial charge >= 0.3 is 0 Å². The van der Waals surface area contributed by atoms with Gasteiger partial charge in [-0.3, -0.25) is 4.79 Å². The maximum absolute atomic E-state index is 12.3. The lowest BCUT2D eigenvalue weighted by molar-refractivity contribution is -0.111. The molecule has 1 aliphatic carbocycles. The molecule has 25 heavy (non-hydrogen) atoms. The fraction of sp³-hybridized carbons (Fsp3) is 0.300. The average Bonchev–Trinajstić information content (AvgIpc) is 2.96. The Hall–Kier alpha value is -2.09. The summed E-state index contributed by atoms with van der Waals surface area (Å²) in [5.74, 6) is 0.434. The van der Waals surface area contributed by atoms with Crippen molar-refractivity contribution in [2.75, 3.05) is 5.32 Å². The molecular weight excluding hydrogens is 352 g/mol. The maximum Gasteiger partial charge on any atom is 0.249 e. The summed E-state index contributed by atoms with van der Waals surface area (Å²) in [6.45, 7) is 2.21. The van der Waals surface area contributed by atoms with Crippen molar-refractivity contribution >= 4 is 39.9 Å². The Bertz CT molecular complexity index is 863. The van der Waals surface area contributed by atoms with Gasteiger partial charge in [-0.25, -0.2) is 0 Å². The number of nitriles is 1. The van der Waals surface area contributed by atoms with Crippen molar-refractivity contribution < 1.29 is 4.79 Å². The van der Waals surface area contributed by atoms with Crippen LogP contribution >= 0.6 is 22.9 Å². The van der Waals surface area contributed by atoms with E-state index in [-0.39, 0.29) is 5.91 Å². The van der Waals surface area contributed by atoms with Crippen LogP contribution in [0.1, 0.15) is 41.3 Å². The second kappa shape index (κ2) is 7.86. The van der Waals surface area contributed by atoms with E-state index in [0.717, 1.165) is 36.8 Å². The van der Waals surface area contributed by atoms with Crippen LogP contribution in [0, 0.1) is 17.2 Å². The molecule has 0 radical (unpaired) electrons. The van der Waals surface area contributed by atoms with Crippen LogP contribution in [-0.2, 0) is 17.6 Å². The molecule has 1 amide bonds. The van der Waals surface area contributed by atoms with Gasteiger partial charge in [0.1, 0.15) is 11.1 Å². The molecule has 1 atom stereocenters. The zero-order chi connectivity index (χ0) is 17.8. The van der Waals surface area contributed by atoms with E-state index < -0.39 is 0 Å². The average molecular weight is 371 g/mol. The number of carbonyl (C=O) groups is 1. The van der Waals surface area contributed by atoms with Crippen LogP contribution in [0.4, 0.5) is 5.00 Å². The van der Waals surface area contributed by atoms with E-state index in [4.69, 9.17) is 11.6 Å². The Morgan fingerprint density at radius 2 is 2.28 bits per heavy atom. The molecule has 0 saturated carbocycles. The number of fused-ring (bicyclic) bond motifs is 1. The van der Waals surface area contributed by atoms with Gasteiger partial charge in [0, 0.05) is 16.0 Å². The first-order valence-electron chi connectivity index (χ1n) is 8.40. The second-order valence-corrected chi connectivity index (χ2v) is 7.69. The Balaban J connectivity index is 1.77. The third kappa shape index (κ3) is 3.95. The van der Waals surface area contributed by atoms with E-state index in [2.05, 4.69) is 18.3 Å². The Morgan fingerprint density at radius 1 is 1.48 bits per heavy atom. The van der Waals surface area contributed by atoms with Gasteiger partial charge < -0.3 is 5.32 Å². The van der Waals surface area contributed by atoms with Crippen LogP contribution in [0.2, 0.25) is 5.02 Å². The lowest BCUT2D eigenvalue weighted by atomic mass is 9.86. The number of halogens is 1. The molecule has 3 nitrogen and oxygen atoms in total. The van der Waals surface area contributed by atoms with E-state index in [9.17, 15) is 10.1 Å². The van der Waals surface area contributed by atoms with Gasteiger partial charge in [0.05, 0.1) is 5.56 Å². The maximum atomic E-state index is 12.3. The normalized spacial score (nSPS) is 16.4. The number of hydrogen-bond donors (Lipinski definition) is 1. The minimum Gasteiger partial charge on any atom is -0.313 e. The van der Waals surface area contributed by atoms with Crippen LogP contribution in [0.3, 0.4) is 0 Å². The largest absolute Gasteiger partial charge is 0.313 e. The molecule has 1 aromatic heterocycles. The van der Waals surface area contributed by atoms with Gasteiger partial charge in [-0.15, -0.1) is 11.3 Å². The molecule has 1 aromatic carbocycles. The standard InChI is InChI=1S/C20H19ClN2OS/c1-2-13-7-9-15-16(12-22)20(25-18(15)11-13)23-19(24)10-8-14-5-3-4-6-17(14)21/h3-6,8,10,13H,2,7,9,11H2,1H3,(H,23,24). The van der Waals surface area contributed by atoms with Crippen molar-refractivity contribution in [3.8, 4) is 6.07 Å². The zero-order valence-electron chi connectivity index (χ0n) is 14.0. The van der Waals surface area contributed by atoms with Gasteiger partial charge in [-0.1, -0.05) is 43.1 Å². The van der Waals surface area contributed by atoms with Gasteiger partial charge in [0.15, 0.2) is 0 Å². The van der Waals surface area contributed by atoms with Crippen LogP contribution in [0.25, 0.3) is 6.08 Å². The number of anilines is 1. The first-order chi connectivity index (χ1) is 12.1. The van der Waals surface area contributed by atoms with E-state index >= 15 is 0 Å². The Morgan fingerprint density at radius 3 is 3.00 bits per heavy atom. The molecule has 0 saturated heterocycles. The van der Waals surface area contributed by atoms with Gasteiger partial charge in [0.25, 0.3) is 0 Å². The summed E-state index contributed by atoms with van der Waals surface area (Å²) >= 11 is 7.63. The van der Waals surface area contributed by atoms with Crippen LogP contribution in [-0.4, -0.2) is 5.91 Å². The number of rotatable bonds is 4. The number of nitrogens with zero attached hydrogens (tertiary/aromatic N) is 1. The Kier molecular flexibility index (Phi) is 5.57. The van der Waals surface area contributed by atoms with Gasteiger partial charge in [0.2, 0.25) is 5.91 Å². The number of hydrogen-bond acceptors (Lipinski definition) is 3. The highest BCUT2D eigenvalue weighted by Crippen LogP contribution is 2.40. The van der Waals surface area contributed by atoms with Crippen molar-refractivity contribution in [3.05, 3.63) is 56.9 Å². The van der Waals surface area contributed by atoms with E-state index in [1.165, 1.54) is 11.0 Å². The quantitative estimate of drug-likeness (QED) is 0.728. The number of carbonyl (C=O) groups excluding carboxylic acids is 1. The smallest absolute Gasteiger partial charge is 0.249 e. The molecule has 1 unspecified atom stereocenters. The first-order valence-corrected chi connectivity index (χ1v) is 9.60. The SMILES string of the molecule is CCC1CCc2c(sc(NC(=O)C=Cc3ccccc3Cl)c2C#N)C1. The molecule has 1 heterocycles. The predicted octanol–water partition coefficient (Wildman–Crippen LogP) is 5.44. The topological polar surface area (TPSA) is 52.9 Å². The van der Waals surface area contributed by atoms with Crippen molar-refractivity contribution in [2.45, 2.75) is 32.6 Å². The fourth-order valence-electron chi connectivity index (χ4n) is 3.14. The summed E-state index contributed by atoms with van der Waals surface area (Å²) in [5, 5.41) is 13.6. The molecular formula is C20H19ClN2OS. The minimum atomic E-state index is -0.248. The molecule has 0 spiro atoms. The number of thiophene rings is 1. The minimum absolute atomic E-state index is 0.248. The fourth-order valence-corrected chi connectivity index (χ4v) is 4.65.